The summed E-state index contributed by atoms with van der Waals surface area (Å²) in [6, 6.07) is -0.719. The van der Waals surface area contributed by atoms with Crippen LogP contribution in [0.5, 0.6) is 0 Å². The number of carbonyl (C=O) groups excluding carboxylic acids is 1. The van der Waals surface area contributed by atoms with Crippen molar-refractivity contribution < 1.29 is 14.7 Å². The molecule has 102 valence electrons. The van der Waals surface area contributed by atoms with Gasteiger partial charge in [-0.3, -0.25) is 4.79 Å². The third-order valence-electron chi connectivity index (χ3n) is 4.30. The Hall–Kier alpha value is -1.06. The Kier molecular flexibility index (Phi) is 2.76. The van der Waals surface area contributed by atoms with Gasteiger partial charge < -0.3 is 10.4 Å². The Morgan fingerprint density at radius 1 is 1.17 bits per heavy atom. The highest BCUT2D eigenvalue weighted by atomic mass is 16.4. The molecule has 0 bridgehead atoms. The van der Waals surface area contributed by atoms with E-state index in [1.54, 1.807) is 0 Å². The van der Waals surface area contributed by atoms with E-state index in [1.165, 1.54) is 0 Å². The van der Waals surface area contributed by atoms with E-state index in [-0.39, 0.29) is 16.7 Å². The van der Waals surface area contributed by atoms with Gasteiger partial charge in [0, 0.05) is 11.8 Å². The molecule has 0 radical (unpaired) electrons. The largest absolute Gasteiger partial charge is 0.480 e. The first kappa shape index (κ1) is 13.4. The first-order valence-electron chi connectivity index (χ1n) is 6.58. The van der Waals surface area contributed by atoms with E-state index >= 15 is 0 Å². The lowest BCUT2D eigenvalue weighted by molar-refractivity contribution is -0.145. The Bertz CT molecular complexity index is 382. The molecule has 4 nitrogen and oxygen atoms in total. The summed E-state index contributed by atoms with van der Waals surface area (Å²) in [5, 5.41) is 12.0. The zero-order valence-electron chi connectivity index (χ0n) is 11.7. The zero-order valence-corrected chi connectivity index (χ0v) is 11.7. The van der Waals surface area contributed by atoms with Crippen molar-refractivity contribution in [2.24, 2.45) is 16.2 Å². The summed E-state index contributed by atoms with van der Waals surface area (Å²) in [5.41, 5.74) is -0.238. The maximum atomic E-state index is 11.7. The molecule has 1 saturated heterocycles. The minimum Gasteiger partial charge on any atom is -0.480 e. The molecule has 1 heterocycles. The van der Waals surface area contributed by atoms with Crippen molar-refractivity contribution >= 4 is 11.9 Å². The second-order valence-corrected chi connectivity index (χ2v) is 7.74. The van der Waals surface area contributed by atoms with Crippen molar-refractivity contribution in [3.63, 3.8) is 0 Å². The average Bonchev–Trinajstić information content (AvgIpc) is 2.35. The molecule has 2 aliphatic rings. The van der Waals surface area contributed by atoms with E-state index < -0.39 is 17.4 Å². The lowest BCUT2D eigenvalue weighted by Crippen LogP contribution is -2.51. The number of amides is 1. The number of carboxylic acids is 1. The normalized spacial score (nSPS) is 32.2. The van der Waals surface area contributed by atoms with E-state index in [4.69, 9.17) is 0 Å². The first-order valence-corrected chi connectivity index (χ1v) is 6.58. The number of hydrogen-bond donors (Lipinski definition) is 2. The highest BCUT2D eigenvalue weighted by Crippen LogP contribution is 2.58. The molecule has 0 aromatic carbocycles. The molecule has 18 heavy (non-hydrogen) atoms. The molecule has 1 aliphatic carbocycles. The van der Waals surface area contributed by atoms with Crippen LogP contribution in [-0.4, -0.2) is 23.0 Å². The molecule has 1 aliphatic heterocycles. The van der Waals surface area contributed by atoms with Crippen LogP contribution in [0.2, 0.25) is 0 Å². The molecule has 0 aromatic rings. The minimum atomic E-state index is -0.894. The average molecular weight is 253 g/mol. The third kappa shape index (κ3) is 2.25. The lowest BCUT2D eigenvalue weighted by atomic mass is 9.53. The summed E-state index contributed by atoms with van der Waals surface area (Å²) in [5.74, 6) is -1.01. The molecule has 1 unspecified atom stereocenters. The molecule has 2 N–H and O–H groups in total. The van der Waals surface area contributed by atoms with Gasteiger partial charge in [0.25, 0.3) is 0 Å². The molecular weight excluding hydrogens is 230 g/mol. The number of aliphatic carboxylic acids is 1. The number of carboxylic acid groups (broad SMARTS) is 1. The molecule has 1 spiro atoms. The highest BCUT2D eigenvalue weighted by Gasteiger charge is 2.57. The maximum absolute atomic E-state index is 11.7. The third-order valence-corrected chi connectivity index (χ3v) is 4.30. The fourth-order valence-corrected chi connectivity index (χ4v) is 4.83. The zero-order chi connectivity index (χ0) is 13.8. The molecule has 0 aromatic heterocycles. The summed E-state index contributed by atoms with van der Waals surface area (Å²) in [6.45, 7) is 8.71. The van der Waals surface area contributed by atoms with Crippen molar-refractivity contribution in [3.8, 4) is 0 Å². The number of nitrogens with one attached hydrogen (secondary N) is 1. The molecule has 1 atom stereocenters. The van der Waals surface area contributed by atoms with Gasteiger partial charge in [-0.2, -0.15) is 0 Å². The standard InChI is InChI=1S/C14H23NO3/c1-12(2)6-13(3,4)8-14(7-12)5-9(16)15-10(14)11(17)18/h10H,5-8H2,1-4H3,(H,15,16)(H,17,18). The van der Waals surface area contributed by atoms with Crippen LogP contribution in [-0.2, 0) is 9.59 Å². The van der Waals surface area contributed by atoms with Crippen LogP contribution < -0.4 is 5.32 Å². The van der Waals surface area contributed by atoms with Gasteiger partial charge in [0.2, 0.25) is 5.91 Å². The maximum Gasteiger partial charge on any atom is 0.326 e. The van der Waals surface area contributed by atoms with Gasteiger partial charge in [-0.25, -0.2) is 4.79 Å². The minimum absolute atomic E-state index is 0.0851. The van der Waals surface area contributed by atoms with E-state index in [9.17, 15) is 14.7 Å². The van der Waals surface area contributed by atoms with E-state index in [2.05, 4.69) is 33.0 Å². The fourth-order valence-electron chi connectivity index (χ4n) is 4.83. The Morgan fingerprint density at radius 3 is 2.11 bits per heavy atom. The van der Waals surface area contributed by atoms with Gasteiger partial charge in [0.05, 0.1) is 0 Å². The quantitative estimate of drug-likeness (QED) is 0.752. The van der Waals surface area contributed by atoms with Crippen LogP contribution >= 0.6 is 0 Å². The smallest absolute Gasteiger partial charge is 0.326 e. The molecule has 2 rings (SSSR count). The predicted molar refractivity (Wildman–Crippen MR) is 68.0 cm³/mol. The second kappa shape index (κ2) is 3.72. The Balaban J connectivity index is 2.39. The van der Waals surface area contributed by atoms with E-state index in [0.29, 0.717) is 6.42 Å². The number of hydrogen-bond acceptors (Lipinski definition) is 2. The summed E-state index contributed by atoms with van der Waals surface area (Å²) in [6.07, 6.45) is 3.04. The van der Waals surface area contributed by atoms with Gasteiger partial charge in [0.15, 0.2) is 0 Å². The highest BCUT2D eigenvalue weighted by molar-refractivity contribution is 5.89. The second-order valence-electron chi connectivity index (χ2n) is 7.74. The summed E-state index contributed by atoms with van der Waals surface area (Å²) in [7, 11) is 0. The lowest BCUT2D eigenvalue weighted by Gasteiger charge is -2.51. The number of carbonyl (C=O) groups is 2. The van der Waals surface area contributed by atoms with Crippen molar-refractivity contribution in [2.75, 3.05) is 0 Å². The summed E-state index contributed by atoms with van der Waals surface area (Å²) < 4.78 is 0. The van der Waals surface area contributed by atoms with Crippen LogP contribution in [0.1, 0.15) is 53.4 Å². The topological polar surface area (TPSA) is 66.4 Å². The Morgan fingerprint density at radius 2 is 1.67 bits per heavy atom. The van der Waals surface area contributed by atoms with Crippen molar-refractivity contribution in [1.29, 1.82) is 0 Å². The molecule has 2 fully saturated rings. The fraction of sp³-hybridized carbons (Fsp3) is 0.857. The van der Waals surface area contributed by atoms with Crippen LogP contribution in [0.15, 0.2) is 0 Å². The van der Waals surface area contributed by atoms with Crippen LogP contribution in [0, 0.1) is 16.2 Å². The van der Waals surface area contributed by atoms with Crippen LogP contribution in [0.25, 0.3) is 0 Å². The number of rotatable bonds is 1. The van der Waals surface area contributed by atoms with Gasteiger partial charge in [-0.1, -0.05) is 27.7 Å². The molecule has 1 saturated carbocycles. The molecule has 1 amide bonds. The van der Waals surface area contributed by atoms with Gasteiger partial charge >= 0.3 is 5.97 Å². The first-order chi connectivity index (χ1) is 8.05. The summed E-state index contributed by atoms with van der Waals surface area (Å²) >= 11 is 0. The van der Waals surface area contributed by atoms with E-state index in [1.807, 2.05) is 0 Å². The van der Waals surface area contributed by atoms with Crippen LogP contribution in [0.3, 0.4) is 0 Å². The predicted octanol–water partition coefficient (Wildman–Crippen LogP) is 2.18. The molecule has 4 heteroatoms. The summed E-state index contributed by atoms with van der Waals surface area (Å²) in [4.78, 5) is 23.1. The van der Waals surface area contributed by atoms with Gasteiger partial charge in [0.1, 0.15) is 6.04 Å². The monoisotopic (exact) mass is 253 g/mol. The Labute approximate surface area is 108 Å². The van der Waals surface area contributed by atoms with Crippen molar-refractivity contribution in [1.82, 2.24) is 5.32 Å². The molecular formula is C14H23NO3. The van der Waals surface area contributed by atoms with E-state index in [0.717, 1.165) is 19.3 Å². The van der Waals surface area contributed by atoms with Crippen molar-refractivity contribution in [3.05, 3.63) is 0 Å². The SMILES string of the molecule is CC1(C)CC(C)(C)CC2(CC(=O)NC2C(=O)O)C1. The van der Waals surface area contributed by atoms with Crippen LogP contribution in [0.4, 0.5) is 0 Å². The van der Waals surface area contributed by atoms with Gasteiger partial charge in [-0.15, -0.1) is 0 Å². The van der Waals surface area contributed by atoms with Crippen molar-refractivity contribution in [2.45, 2.75) is 59.4 Å². The van der Waals surface area contributed by atoms with Gasteiger partial charge in [-0.05, 0) is 30.1 Å².